The van der Waals surface area contributed by atoms with Crippen LogP contribution in [0.15, 0.2) is 36.4 Å². The zero-order valence-corrected chi connectivity index (χ0v) is 29.3. The number of halogens is 13. The third-order valence-corrected chi connectivity index (χ3v) is 9.90. The smallest absolute Gasteiger partial charge is 0.429 e. The Balaban J connectivity index is 1.24. The van der Waals surface area contributed by atoms with Crippen LogP contribution < -0.4 is 4.74 Å². The summed E-state index contributed by atoms with van der Waals surface area (Å²) in [5, 5.41) is 0. The van der Waals surface area contributed by atoms with Crippen LogP contribution in [0.5, 0.6) is 5.75 Å². The molecule has 0 radical (unpaired) electrons. The Hall–Kier alpha value is -3.57. The van der Waals surface area contributed by atoms with E-state index in [0.29, 0.717) is 18.9 Å². The molecule has 2 unspecified atom stereocenters. The second-order valence-corrected chi connectivity index (χ2v) is 13.7. The molecule has 3 aromatic rings. The lowest BCUT2D eigenvalue weighted by atomic mass is 9.76. The van der Waals surface area contributed by atoms with E-state index >= 15 is 17.6 Å². The van der Waals surface area contributed by atoms with Crippen LogP contribution in [-0.2, 0) is 26.4 Å². The fraction of sp³-hybridized carbons (Fsp3) is 0.526. The Bertz CT molecular complexity index is 1710. The highest BCUT2D eigenvalue weighted by Gasteiger charge is 2.50. The van der Waals surface area contributed by atoms with Crippen LogP contribution in [0.2, 0.25) is 0 Å². The lowest BCUT2D eigenvalue weighted by Crippen LogP contribution is -2.31. The van der Waals surface area contributed by atoms with Crippen LogP contribution in [-0.4, -0.2) is 25.7 Å². The molecule has 0 aromatic heterocycles. The van der Waals surface area contributed by atoms with E-state index in [0.717, 1.165) is 70.1 Å². The number of benzene rings is 3. The first-order valence-corrected chi connectivity index (χ1v) is 17.7. The minimum atomic E-state index is -6.07. The second-order valence-electron chi connectivity index (χ2n) is 13.7. The molecule has 1 heterocycles. The van der Waals surface area contributed by atoms with Crippen molar-refractivity contribution in [2.24, 2.45) is 11.8 Å². The molecule has 1 saturated heterocycles. The molecule has 2 atom stereocenters. The van der Waals surface area contributed by atoms with Crippen molar-refractivity contribution in [1.82, 2.24) is 0 Å². The molecular formula is C38H37F13O4. The van der Waals surface area contributed by atoms with Crippen molar-refractivity contribution in [1.29, 1.82) is 0 Å². The topological polar surface area (TPSA) is 36.9 Å². The van der Waals surface area contributed by atoms with Gasteiger partial charge in [0, 0.05) is 18.7 Å². The number of unbranched alkanes of at least 4 members (excludes halogenated alkanes) is 3. The lowest BCUT2D eigenvalue weighted by molar-refractivity contribution is -0.432. The Labute approximate surface area is 307 Å². The standard InChI is InChI=1S/C38H37F13O4/c1-2-3-4-5-12-52-24-9-6-20(7-10-24)21-8-11-32(53-19-21)22-13-26(39)33(27(40)14-22)23-15-28(41)34(29(42)16-23)36(45,46)54-25-17-30(43)35(31(44)18-25)37(47,48)55-38(49,50)51/h13-18,20-21,24,32H,2-12,19H2,1H3. The second kappa shape index (κ2) is 17.3. The summed E-state index contributed by atoms with van der Waals surface area (Å²) in [5.74, 6) is -12.9. The summed E-state index contributed by atoms with van der Waals surface area (Å²) in [4.78, 5) is 0. The van der Waals surface area contributed by atoms with Crippen molar-refractivity contribution >= 4 is 0 Å². The maximum Gasteiger partial charge on any atom is 0.527 e. The molecule has 55 heavy (non-hydrogen) atoms. The van der Waals surface area contributed by atoms with Gasteiger partial charge in [-0.2, -0.15) is 17.6 Å². The fourth-order valence-corrected chi connectivity index (χ4v) is 7.24. The number of hydrogen-bond acceptors (Lipinski definition) is 4. The van der Waals surface area contributed by atoms with Crippen molar-refractivity contribution in [2.45, 2.75) is 102 Å². The molecule has 0 spiro atoms. The summed E-state index contributed by atoms with van der Waals surface area (Å²) < 4.78 is 202. The van der Waals surface area contributed by atoms with Crippen LogP contribution in [0.3, 0.4) is 0 Å². The Morgan fingerprint density at radius 3 is 1.69 bits per heavy atom. The molecule has 4 nitrogen and oxygen atoms in total. The number of ether oxygens (including phenoxy) is 4. The molecule has 304 valence electrons. The van der Waals surface area contributed by atoms with Gasteiger partial charge in [0.15, 0.2) is 0 Å². The number of rotatable bonds is 14. The van der Waals surface area contributed by atoms with Crippen molar-refractivity contribution < 1.29 is 76.0 Å². The van der Waals surface area contributed by atoms with Crippen molar-refractivity contribution in [3.63, 3.8) is 0 Å². The number of alkyl halides is 7. The summed E-state index contributed by atoms with van der Waals surface area (Å²) in [6, 6.07) is 1.30. The van der Waals surface area contributed by atoms with E-state index in [-0.39, 0.29) is 29.7 Å². The molecule has 0 bridgehead atoms. The maximum absolute atomic E-state index is 15.4. The Morgan fingerprint density at radius 2 is 1.16 bits per heavy atom. The van der Waals surface area contributed by atoms with Gasteiger partial charge in [-0.3, -0.25) is 0 Å². The van der Waals surface area contributed by atoms with Gasteiger partial charge >= 0.3 is 18.6 Å². The van der Waals surface area contributed by atoms with Crippen LogP contribution in [0, 0.1) is 46.7 Å². The number of hydrogen-bond donors (Lipinski definition) is 0. The van der Waals surface area contributed by atoms with E-state index in [1.807, 2.05) is 0 Å². The first kappa shape index (κ1) is 42.6. The molecule has 17 heteroatoms. The van der Waals surface area contributed by atoms with Gasteiger partial charge in [0.2, 0.25) is 0 Å². The normalized spacial score (nSPS) is 21.2. The average Bonchev–Trinajstić information content (AvgIpc) is 3.06. The molecule has 0 amide bonds. The molecule has 1 aliphatic carbocycles. The van der Waals surface area contributed by atoms with Crippen molar-refractivity contribution in [3.8, 4) is 16.9 Å². The van der Waals surface area contributed by atoms with E-state index in [4.69, 9.17) is 9.47 Å². The minimum Gasteiger partial charge on any atom is -0.429 e. The molecule has 5 rings (SSSR count). The highest BCUT2D eigenvalue weighted by molar-refractivity contribution is 5.66. The molecule has 2 aliphatic rings. The van der Waals surface area contributed by atoms with Crippen LogP contribution in [0.4, 0.5) is 57.1 Å². The summed E-state index contributed by atoms with van der Waals surface area (Å²) in [6.07, 6.45) is -7.73. The van der Waals surface area contributed by atoms with Crippen LogP contribution >= 0.6 is 0 Å². The molecule has 2 fully saturated rings. The molecule has 3 aromatic carbocycles. The molecule has 1 aliphatic heterocycles. The third kappa shape index (κ3) is 10.4. The summed E-state index contributed by atoms with van der Waals surface area (Å²) in [7, 11) is 0. The van der Waals surface area contributed by atoms with Gasteiger partial charge in [-0.15, -0.1) is 13.2 Å². The SMILES string of the molecule is CCCCCCOC1CCC(C2CCC(c3cc(F)c(-c4cc(F)c(C(F)(F)Oc5cc(F)c(C(F)(F)OC(F)(F)F)c(F)c5)c(F)c4)c(F)c3)OC2)CC1. The predicted octanol–water partition coefficient (Wildman–Crippen LogP) is 12.5. The molecule has 1 saturated carbocycles. The first-order valence-electron chi connectivity index (χ1n) is 17.7. The molecular weight excluding hydrogens is 767 g/mol. The fourth-order valence-electron chi connectivity index (χ4n) is 7.24. The van der Waals surface area contributed by atoms with Gasteiger partial charge in [-0.05, 0) is 92.2 Å². The Kier molecular flexibility index (Phi) is 13.4. The van der Waals surface area contributed by atoms with Crippen molar-refractivity contribution in [3.05, 3.63) is 88.0 Å². The van der Waals surface area contributed by atoms with Gasteiger partial charge in [0.05, 0.1) is 24.4 Å². The third-order valence-electron chi connectivity index (χ3n) is 9.90. The highest BCUT2D eigenvalue weighted by Crippen LogP contribution is 2.44. The van der Waals surface area contributed by atoms with Crippen LogP contribution in [0.25, 0.3) is 11.1 Å². The van der Waals surface area contributed by atoms with Gasteiger partial charge in [0.1, 0.15) is 51.8 Å². The zero-order chi connectivity index (χ0) is 40.3. The van der Waals surface area contributed by atoms with E-state index in [9.17, 15) is 39.5 Å². The summed E-state index contributed by atoms with van der Waals surface area (Å²) in [5.41, 5.74) is -6.55. The van der Waals surface area contributed by atoms with Gasteiger partial charge in [-0.25, -0.2) is 31.1 Å². The molecule has 0 N–H and O–H groups in total. The van der Waals surface area contributed by atoms with Crippen LogP contribution in [0.1, 0.15) is 93.9 Å². The highest BCUT2D eigenvalue weighted by atomic mass is 19.4. The minimum absolute atomic E-state index is 0.114. The quantitative estimate of drug-likeness (QED) is 0.120. The van der Waals surface area contributed by atoms with Crippen molar-refractivity contribution in [2.75, 3.05) is 13.2 Å². The average molecular weight is 805 g/mol. The van der Waals surface area contributed by atoms with E-state index in [2.05, 4.69) is 16.4 Å². The van der Waals surface area contributed by atoms with E-state index in [1.54, 1.807) is 0 Å². The van der Waals surface area contributed by atoms with E-state index < -0.39 is 99.7 Å². The summed E-state index contributed by atoms with van der Waals surface area (Å²) in [6.45, 7) is 3.27. The van der Waals surface area contributed by atoms with E-state index in [1.165, 1.54) is 6.42 Å². The monoisotopic (exact) mass is 804 g/mol. The predicted molar refractivity (Wildman–Crippen MR) is 171 cm³/mol. The van der Waals surface area contributed by atoms with Gasteiger partial charge in [0.25, 0.3) is 0 Å². The van der Waals surface area contributed by atoms with Gasteiger partial charge in [-0.1, -0.05) is 26.2 Å². The first-order chi connectivity index (χ1) is 25.8. The van der Waals surface area contributed by atoms with Gasteiger partial charge < -0.3 is 14.2 Å². The maximum atomic E-state index is 15.4. The lowest BCUT2D eigenvalue weighted by Gasteiger charge is -2.38. The summed E-state index contributed by atoms with van der Waals surface area (Å²) >= 11 is 0. The largest absolute Gasteiger partial charge is 0.527 e. The Morgan fingerprint density at radius 1 is 0.618 bits per heavy atom. The zero-order valence-electron chi connectivity index (χ0n) is 29.3.